The Morgan fingerprint density at radius 2 is 2.00 bits per heavy atom. The van der Waals surface area contributed by atoms with Crippen molar-refractivity contribution in [3.8, 4) is 0 Å². The van der Waals surface area contributed by atoms with E-state index in [0.29, 0.717) is 0 Å². The summed E-state index contributed by atoms with van der Waals surface area (Å²) in [6.45, 7) is 5.37. The quantitative estimate of drug-likeness (QED) is 0.350. The number of likely N-dealkylation sites (tertiary alicyclic amines) is 1. The summed E-state index contributed by atoms with van der Waals surface area (Å²) in [5.74, 6) is 2.85. The Morgan fingerprint density at radius 3 is 2.59 bits per heavy atom. The van der Waals surface area contributed by atoms with Gasteiger partial charge >= 0.3 is 0 Å². The minimum atomic E-state index is 0. The minimum Gasteiger partial charge on any atom is -0.370 e. The van der Waals surface area contributed by atoms with Crippen LogP contribution in [0.5, 0.6) is 0 Å². The number of hydrogen-bond acceptors (Lipinski definition) is 2. The normalized spacial score (nSPS) is 18.0. The molecule has 0 spiro atoms. The van der Waals surface area contributed by atoms with Gasteiger partial charge in [0, 0.05) is 19.6 Å². The molecule has 1 saturated heterocycles. The van der Waals surface area contributed by atoms with Gasteiger partial charge in [-0.3, -0.25) is 4.99 Å². The summed E-state index contributed by atoms with van der Waals surface area (Å²) in [6, 6.07) is 0. The van der Waals surface area contributed by atoms with E-state index in [2.05, 4.69) is 23.1 Å². The largest absolute Gasteiger partial charge is 0.370 e. The van der Waals surface area contributed by atoms with Gasteiger partial charge in [-0.05, 0) is 43.6 Å². The number of rotatable bonds is 5. The predicted molar refractivity (Wildman–Crippen MR) is 89.5 cm³/mol. The standard InChI is InChI=1S/C12H25N3S.HI/c1-11-5-8-15(9-6-11)12(13)14-7-3-4-10-16-2;/h11H,3-10H2,1-2H3,(H2,13,14);1H. The summed E-state index contributed by atoms with van der Waals surface area (Å²) in [7, 11) is 0. The highest BCUT2D eigenvalue weighted by Gasteiger charge is 2.16. The molecule has 3 nitrogen and oxygen atoms in total. The summed E-state index contributed by atoms with van der Waals surface area (Å²) < 4.78 is 0. The van der Waals surface area contributed by atoms with Crippen LogP contribution in [0.25, 0.3) is 0 Å². The first kappa shape index (κ1) is 17.4. The molecule has 0 bridgehead atoms. The van der Waals surface area contributed by atoms with Gasteiger partial charge in [0.1, 0.15) is 0 Å². The van der Waals surface area contributed by atoms with E-state index < -0.39 is 0 Å². The fourth-order valence-electron chi connectivity index (χ4n) is 1.89. The van der Waals surface area contributed by atoms with E-state index >= 15 is 0 Å². The van der Waals surface area contributed by atoms with Gasteiger partial charge in [-0.1, -0.05) is 6.92 Å². The lowest BCUT2D eigenvalue weighted by molar-refractivity contribution is 0.277. The average molecular weight is 371 g/mol. The molecular weight excluding hydrogens is 345 g/mol. The molecule has 2 N–H and O–H groups in total. The molecule has 0 radical (unpaired) electrons. The molecule has 1 aliphatic heterocycles. The minimum absolute atomic E-state index is 0. The van der Waals surface area contributed by atoms with Crippen LogP contribution in [0.4, 0.5) is 0 Å². The van der Waals surface area contributed by atoms with Gasteiger partial charge in [-0.25, -0.2) is 0 Å². The number of nitrogens with two attached hydrogens (primary N) is 1. The number of halogens is 1. The summed E-state index contributed by atoms with van der Waals surface area (Å²) >= 11 is 1.90. The monoisotopic (exact) mass is 371 g/mol. The van der Waals surface area contributed by atoms with Crippen LogP contribution in [0.1, 0.15) is 32.6 Å². The third kappa shape index (κ3) is 7.39. The molecule has 102 valence electrons. The maximum absolute atomic E-state index is 5.98. The summed E-state index contributed by atoms with van der Waals surface area (Å²) in [5, 5.41) is 0. The molecule has 1 aliphatic rings. The predicted octanol–water partition coefficient (Wildman–Crippen LogP) is 2.79. The Morgan fingerprint density at radius 1 is 1.35 bits per heavy atom. The van der Waals surface area contributed by atoms with Crippen LogP contribution in [0.2, 0.25) is 0 Å². The molecule has 0 aromatic carbocycles. The summed E-state index contributed by atoms with van der Waals surface area (Å²) in [5.41, 5.74) is 5.98. The molecule has 0 unspecified atom stereocenters. The Kier molecular flexibility index (Phi) is 10.5. The van der Waals surface area contributed by atoms with Gasteiger partial charge in [0.2, 0.25) is 0 Å². The maximum atomic E-state index is 5.98. The van der Waals surface area contributed by atoms with Crippen LogP contribution in [0, 0.1) is 5.92 Å². The zero-order valence-electron chi connectivity index (χ0n) is 11.0. The van der Waals surface area contributed by atoms with Crippen molar-refractivity contribution in [3.05, 3.63) is 0 Å². The maximum Gasteiger partial charge on any atom is 0.191 e. The van der Waals surface area contributed by atoms with Gasteiger partial charge in [-0.2, -0.15) is 11.8 Å². The van der Waals surface area contributed by atoms with E-state index in [0.717, 1.165) is 37.9 Å². The second-order valence-electron chi connectivity index (χ2n) is 4.61. The molecule has 0 aromatic heterocycles. The Balaban J connectivity index is 0.00000256. The van der Waals surface area contributed by atoms with Crippen molar-refractivity contribution in [2.75, 3.05) is 31.6 Å². The first-order valence-electron chi connectivity index (χ1n) is 6.28. The second kappa shape index (κ2) is 10.3. The van der Waals surface area contributed by atoms with Crippen molar-refractivity contribution in [3.63, 3.8) is 0 Å². The summed E-state index contributed by atoms with van der Waals surface area (Å²) in [6.07, 6.45) is 7.05. The molecule has 0 saturated carbocycles. The Bertz CT molecular complexity index is 216. The topological polar surface area (TPSA) is 41.6 Å². The highest BCUT2D eigenvalue weighted by molar-refractivity contribution is 14.0. The van der Waals surface area contributed by atoms with E-state index in [1.165, 1.54) is 25.0 Å². The lowest BCUT2D eigenvalue weighted by atomic mass is 10.00. The first-order chi connectivity index (χ1) is 7.74. The van der Waals surface area contributed by atoms with E-state index in [9.17, 15) is 0 Å². The molecule has 0 amide bonds. The Labute approximate surface area is 127 Å². The highest BCUT2D eigenvalue weighted by atomic mass is 127. The third-order valence-electron chi connectivity index (χ3n) is 3.14. The molecule has 0 aromatic rings. The molecule has 1 fully saturated rings. The van der Waals surface area contributed by atoms with Crippen LogP contribution in [0.3, 0.4) is 0 Å². The van der Waals surface area contributed by atoms with Crippen LogP contribution in [-0.4, -0.2) is 42.5 Å². The van der Waals surface area contributed by atoms with E-state index in [-0.39, 0.29) is 24.0 Å². The molecule has 1 rings (SSSR count). The third-order valence-corrected chi connectivity index (χ3v) is 3.83. The van der Waals surface area contributed by atoms with Crippen molar-refractivity contribution in [2.45, 2.75) is 32.6 Å². The van der Waals surface area contributed by atoms with Gasteiger partial charge in [-0.15, -0.1) is 24.0 Å². The lowest BCUT2D eigenvalue weighted by Gasteiger charge is -2.31. The lowest BCUT2D eigenvalue weighted by Crippen LogP contribution is -2.42. The number of unbranched alkanes of at least 4 members (excludes halogenated alkanes) is 1. The van der Waals surface area contributed by atoms with Crippen LogP contribution < -0.4 is 5.73 Å². The number of nitrogens with zero attached hydrogens (tertiary/aromatic N) is 2. The molecular formula is C12H26IN3S. The molecule has 1 heterocycles. The molecule has 0 atom stereocenters. The number of thioether (sulfide) groups is 1. The van der Waals surface area contributed by atoms with Crippen molar-refractivity contribution >= 4 is 41.7 Å². The van der Waals surface area contributed by atoms with E-state index in [1.807, 2.05) is 11.8 Å². The van der Waals surface area contributed by atoms with Crippen LogP contribution in [0.15, 0.2) is 4.99 Å². The number of hydrogen-bond donors (Lipinski definition) is 1. The van der Waals surface area contributed by atoms with Gasteiger partial charge in [0.15, 0.2) is 5.96 Å². The van der Waals surface area contributed by atoms with E-state index in [4.69, 9.17) is 5.73 Å². The van der Waals surface area contributed by atoms with Crippen molar-refractivity contribution < 1.29 is 0 Å². The smallest absolute Gasteiger partial charge is 0.191 e. The first-order valence-corrected chi connectivity index (χ1v) is 7.67. The van der Waals surface area contributed by atoms with Crippen molar-refractivity contribution in [1.29, 1.82) is 0 Å². The van der Waals surface area contributed by atoms with Gasteiger partial charge in [0.05, 0.1) is 0 Å². The SMILES string of the molecule is CSCCCCN=C(N)N1CCC(C)CC1.I. The zero-order valence-corrected chi connectivity index (χ0v) is 14.2. The number of aliphatic imine (C=N–C) groups is 1. The zero-order chi connectivity index (χ0) is 11.8. The summed E-state index contributed by atoms with van der Waals surface area (Å²) in [4.78, 5) is 6.69. The van der Waals surface area contributed by atoms with Crippen molar-refractivity contribution in [2.24, 2.45) is 16.6 Å². The van der Waals surface area contributed by atoms with Crippen LogP contribution in [-0.2, 0) is 0 Å². The van der Waals surface area contributed by atoms with Gasteiger partial charge < -0.3 is 10.6 Å². The second-order valence-corrected chi connectivity index (χ2v) is 5.59. The number of guanidine groups is 1. The van der Waals surface area contributed by atoms with Gasteiger partial charge in [0.25, 0.3) is 0 Å². The molecule has 0 aliphatic carbocycles. The molecule has 17 heavy (non-hydrogen) atoms. The van der Waals surface area contributed by atoms with E-state index in [1.54, 1.807) is 0 Å². The fraction of sp³-hybridized carbons (Fsp3) is 0.917. The fourth-order valence-corrected chi connectivity index (χ4v) is 2.38. The van der Waals surface area contributed by atoms with Crippen LogP contribution >= 0.6 is 35.7 Å². The van der Waals surface area contributed by atoms with Crippen molar-refractivity contribution in [1.82, 2.24) is 4.90 Å². The Hall–Kier alpha value is 0.350. The molecule has 5 heteroatoms. The highest BCUT2D eigenvalue weighted by Crippen LogP contribution is 2.15. The average Bonchev–Trinajstić information content (AvgIpc) is 2.29. The number of piperidine rings is 1.